The number of hydrogen-bond donors (Lipinski definition) is 2. The number of hydrogen-bond acceptors (Lipinski definition) is 4. The summed E-state index contributed by atoms with van der Waals surface area (Å²) in [6.07, 6.45) is 2.86. The predicted molar refractivity (Wildman–Crippen MR) is 69.8 cm³/mol. The summed E-state index contributed by atoms with van der Waals surface area (Å²) in [7, 11) is 3.19. The molecule has 0 unspecified atom stereocenters. The molecule has 0 aromatic heterocycles. The number of ether oxygens (including phenoxy) is 2. The van der Waals surface area contributed by atoms with E-state index >= 15 is 0 Å². The maximum atomic E-state index is 10.2. The minimum Gasteiger partial charge on any atom is -0.493 e. The fourth-order valence-corrected chi connectivity index (χ4v) is 2.33. The van der Waals surface area contributed by atoms with Gasteiger partial charge < -0.3 is 20.3 Å². The molecule has 2 atom stereocenters. The zero-order valence-corrected chi connectivity index (χ0v) is 10.9. The lowest BCUT2D eigenvalue weighted by Gasteiger charge is -2.33. The zero-order valence-electron chi connectivity index (χ0n) is 10.9. The molecule has 1 saturated carbocycles. The van der Waals surface area contributed by atoms with Crippen LogP contribution in [-0.4, -0.2) is 25.4 Å². The van der Waals surface area contributed by atoms with Crippen molar-refractivity contribution in [2.45, 2.75) is 31.4 Å². The fraction of sp³-hybridized carbons (Fsp3) is 0.571. The molecule has 1 aromatic rings. The smallest absolute Gasteiger partial charge is 0.161 e. The van der Waals surface area contributed by atoms with E-state index in [2.05, 4.69) is 0 Å². The van der Waals surface area contributed by atoms with Gasteiger partial charge in [-0.05, 0) is 36.5 Å². The van der Waals surface area contributed by atoms with Crippen molar-refractivity contribution in [3.63, 3.8) is 0 Å². The third kappa shape index (κ3) is 2.44. The van der Waals surface area contributed by atoms with Crippen LogP contribution < -0.4 is 15.2 Å². The van der Waals surface area contributed by atoms with Gasteiger partial charge in [0.1, 0.15) is 0 Å². The van der Waals surface area contributed by atoms with Crippen molar-refractivity contribution in [1.82, 2.24) is 0 Å². The lowest BCUT2D eigenvalue weighted by atomic mass is 9.77. The van der Waals surface area contributed by atoms with Crippen molar-refractivity contribution < 1.29 is 14.6 Å². The summed E-state index contributed by atoms with van der Waals surface area (Å²) < 4.78 is 10.4. The maximum absolute atomic E-state index is 10.2. The molecule has 0 bridgehead atoms. The molecule has 100 valence electrons. The molecule has 1 aliphatic carbocycles. The van der Waals surface area contributed by atoms with Crippen molar-refractivity contribution in [3.8, 4) is 11.5 Å². The molecule has 2 rings (SSSR count). The van der Waals surface area contributed by atoms with E-state index in [1.54, 1.807) is 14.2 Å². The Hall–Kier alpha value is -1.26. The second-order valence-corrected chi connectivity index (χ2v) is 4.82. The molecule has 4 heteroatoms. The summed E-state index contributed by atoms with van der Waals surface area (Å²) in [4.78, 5) is 0. The third-order valence-electron chi connectivity index (χ3n) is 3.79. The Morgan fingerprint density at radius 1 is 1.22 bits per heavy atom. The van der Waals surface area contributed by atoms with Crippen LogP contribution in [0.4, 0.5) is 0 Å². The average Bonchev–Trinajstić information content (AvgIpc) is 2.34. The predicted octanol–water partition coefficient (Wildman–Crippen LogP) is 1.86. The van der Waals surface area contributed by atoms with Crippen molar-refractivity contribution in [2.75, 3.05) is 14.2 Å². The quantitative estimate of drug-likeness (QED) is 0.838. The number of benzene rings is 1. The summed E-state index contributed by atoms with van der Waals surface area (Å²) in [6, 6.07) is 5.18. The van der Waals surface area contributed by atoms with Crippen LogP contribution in [0.25, 0.3) is 0 Å². The van der Waals surface area contributed by atoms with E-state index in [9.17, 15) is 5.11 Å². The van der Waals surface area contributed by atoms with Crippen LogP contribution in [0, 0.1) is 5.92 Å². The Labute approximate surface area is 108 Å². The Balaban J connectivity index is 2.16. The number of aliphatic hydroxyl groups is 1. The van der Waals surface area contributed by atoms with Crippen LogP contribution in [0.2, 0.25) is 0 Å². The highest BCUT2D eigenvalue weighted by Gasteiger charge is 2.30. The van der Waals surface area contributed by atoms with Gasteiger partial charge in [-0.2, -0.15) is 0 Å². The second-order valence-electron chi connectivity index (χ2n) is 4.82. The van der Waals surface area contributed by atoms with Crippen molar-refractivity contribution in [1.29, 1.82) is 0 Å². The molecule has 1 fully saturated rings. The van der Waals surface area contributed by atoms with Gasteiger partial charge in [0.2, 0.25) is 0 Å². The van der Waals surface area contributed by atoms with Gasteiger partial charge in [0.15, 0.2) is 11.5 Å². The van der Waals surface area contributed by atoms with E-state index in [0.29, 0.717) is 17.4 Å². The van der Waals surface area contributed by atoms with Gasteiger partial charge in [-0.15, -0.1) is 0 Å². The summed E-state index contributed by atoms with van der Waals surface area (Å²) >= 11 is 0. The molecule has 0 aliphatic heterocycles. The Morgan fingerprint density at radius 3 is 2.39 bits per heavy atom. The van der Waals surface area contributed by atoms with Crippen molar-refractivity contribution >= 4 is 0 Å². The Morgan fingerprint density at radius 2 is 1.89 bits per heavy atom. The number of methoxy groups -OCH3 is 2. The molecule has 0 saturated heterocycles. The van der Waals surface area contributed by atoms with Crippen molar-refractivity contribution in [3.05, 3.63) is 23.8 Å². The molecule has 3 N–H and O–H groups in total. The highest BCUT2D eigenvalue weighted by Crippen LogP contribution is 2.36. The van der Waals surface area contributed by atoms with Crippen LogP contribution in [0.3, 0.4) is 0 Å². The Bertz CT molecular complexity index is 404. The van der Waals surface area contributed by atoms with Crippen LogP contribution >= 0.6 is 0 Å². The molecule has 0 heterocycles. The molecule has 1 aromatic carbocycles. The molecular formula is C14H21NO3. The van der Waals surface area contributed by atoms with Crippen LogP contribution in [0.5, 0.6) is 11.5 Å². The van der Waals surface area contributed by atoms with Gasteiger partial charge in [0, 0.05) is 0 Å². The summed E-state index contributed by atoms with van der Waals surface area (Å²) in [5.41, 5.74) is 7.00. The van der Waals surface area contributed by atoms with Gasteiger partial charge >= 0.3 is 0 Å². The highest BCUT2D eigenvalue weighted by molar-refractivity contribution is 5.44. The first-order valence-corrected chi connectivity index (χ1v) is 6.33. The van der Waals surface area contributed by atoms with Gasteiger partial charge in [0.05, 0.1) is 26.4 Å². The average molecular weight is 251 g/mol. The summed E-state index contributed by atoms with van der Waals surface area (Å²) in [5.74, 6) is 1.66. The van der Waals surface area contributed by atoms with Crippen molar-refractivity contribution in [2.24, 2.45) is 11.7 Å². The molecule has 4 nitrogen and oxygen atoms in total. The SMILES string of the molecule is COc1ccc([C@@H](N)[C@@H](O)C2CCC2)cc1OC. The van der Waals surface area contributed by atoms with Gasteiger partial charge in [-0.1, -0.05) is 12.5 Å². The summed E-state index contributed by atoms with van der Waals surface area (Å²) in [6.45, 7) is 0. The largest absolute Gasteiger partial charge is 0.493 e. The maximum Gasteiger partial charge on any atom is 0.161 e. The third-order valence-corrected chi connectivity index (χ3v) is 3.79. The minimum atomic E-state index is -0.475. The number of nitrogens with two attached hydrogens (primary N) is 1. The molecule has 0 radical (unpaired) electrons. The van der Waals surface area contributed by atoms with Gasteiger partial charge in [0.25, 0.3) is 0 Å². The van der Waals surface area contributed by atoms with E-state index < -0.39 is 6.10 Å². The fourth-order valence-electron chi connectivity index (χ4n) is 2.33. The van der Waals surface area contributed by atoms with E-state index in [-0.39, 0.29) is 6.04 Å². The Kier molecular flexibility index (Phi) is 4.09. The number of rotatable bonds is 5. The molecule has 1 aliphatic rings. The first-order chi connectivity index (χ1) is 8.67. The van der Waals surface area contributed by atoms with E-state index in [1.165, 1.54) is 6.42 Å². The highest BCUT2D eigenvalue weighted by atomic mass is 16.5. The van der Waals surface area contributed by atoms with Gasteiger partial charge in [-0.25, -0.2) is 0 Å². The van der Waals surface area contributed by atoms with Crippen LogP contribution in [-0.2, 0) is 0 Å². The molecule has 0 amide bonds. The molecule has 18 heavy (non-hydrogen) atoms. The first kappa shape index (κ1) is 13.2. The topological polar surface area (TPSA) is 64.7 Å². The molecule has 0 spiro atoms. The van der Waals surface area contributed by atoms with Crippen LogP contribution in [0.15, 0.2) is 18.2 Å². The van der Waals surface area contributed by atoms with E-state index in [4.69, 9.17) is 15.2 Å². The second kappa shape index (κ2) is 5.59. The zero-order chi connectivity index (χ0) is 13.1. The number of aliphatic hydroxyl groups excluding tert-OH is 1. The van der Waals surface area contributed by atoms with E-state index in [1.807, 2.05) is 18.2 Å². The minimum absolute atomic E-state index is 0.341. The lowest BCUT2D eigenvalue weighted by Crippen LogP contribution is -2.36. The van der Waals surface area contributed by atoms with Crippen LogP contribution in [0.1, 0.15) is 30.9 Å². The standard InChI is InChI=1S/C14H21NO3/c1-17-11-7-6-10(8-12(11)18-2)13(15)14(16)9-4-3-5-9/h6-9,13-14,16H,3-5,15H2,1-2H3/t13-,14+/m1/s1. The van der Waals surface area contributed by atoms with E-state index in [0.717, 1.165) is 18.4 Å². The lowest BCUT2D eigenvalue weighted by molar-refractivity contribution is 0.0413. The monoisotopic (exact) mass is 251 g/mol. The normalized spacial score (nSPS) is 18.9. The van der Waals surface area contributed by atoms with Gasteiger partial charge in [-0.3, -0.25) is 0 Å². The molecular weight excluding hydrogens is 230 g/mol. The first-order valence-electron chi connectivity index (χ1n) is 6.33. The summed E-state index contributed by atoms with van der Waals surface area (Å²) in [5, 5.41) is 10.2.